The first-order valence-corrected chi connectivity index (χ1v) is 7.32. The second-order valence-corrected chi connectivity index (χ2v) is 5.60. The Balaban J connectivity index is 2.11. The highest BCUT2D eigenvalue weighted by Crippen LogP contribution is 2.29. The molecule has 5 heteroatoms. The van der Waals surface area contributed by atoms with Crippen LogP contribution in [0.3, 0.4) is 0 Å². The van der Waals surface area contributed by atoms with Gasteiger partial charge in [0.1, 0.15) is 5.15 Å². The SMILES string of the molecule is Clc1cc(-c2ccc(Cl)c(Cl)c2)nc(-c2ccccc2)n1. The molecule has 3 aromatic rings. The van der Waals surface area contributed by atoms with E-state index in [4.69, 9.17) is 34.8 Å². The van der Waals surface area contributed by atoms with Crippen LogP contribution in [0.4, 0.5) is 0 Å². The summed E-state index contributed by atoms with van der Waals surface area (Å²) in [5.41, 5.74) is 2.44. The average molecular weight is 336 g/mol. The number of halogens is 3. The first-order valence-electron chi connectivity index (χ1n) is 6.19. The molecular formula is C16H9Cl3N2. The molecule has 0 aliphatic heterocycles. The van der Waals surface area contributed by atoms with Crippen molar-refractivity contribution >= 4 is 34.8 Å². The quantitative estimate of drug-likeness (QED) is 0.555. The molecule has 0 unspecified atom stereocenters. The third kappa shape index (κ3) is 3.18. The Labute approximate surface area is 137 Å². The molecule has 0 aliphatic carbocycles. The summed E-state index contributed by atoms with van der Waals surface area (Å²) in [6.07, 6.45) is 0. The summed E-state index contributed by atoms with van der Waals surface area (Å²) in [5, 5.41) is 1.36. The number of rotatable bonds is 2. The van der Waals surface area contributed by atoms with Gasteiger partial charge in [-0.25, -0.2) is 9.97 Å². The van der Waals surface area contributed by atoms with Gasteiger partial charge in [-0.15, -0.1) is 0 Å². The maximum absolute atomic E-state index is 6.11. The van der Waals surface area contributed by atoms with Crippen LogP contribution in [0.15, 0.2) is 54.6 Å². The van der Waals surface area contributed by atoms with Gasteiger partial charge in [0.15, 0.2) is 5.82 Å². The largest absolute Gasteiger partial charge is 0.228 e. The van der Waals surface area contributed by atoms with Crippen LogP contribution >= 0.6 is 34.8 Å². The monoisotopic (exact) mass is 334 g/mol. The molecule has 0 spiro atoms. The van der Waals surface area contributed by atoms with E-state index in [1.54, 1.807) is 18.2 Å². The van der Waals surface area contributed by atoms with Crippen LogP contribution in [0.2, 0.25) is 15.2 Å². The highest BCUT2D eigenvalue weighted by atomic mass is 35.5. The second kappa shape index (κ2) is 6.02. The standard InChI is InChI=1S/C16H9Cl3N2/c17-12-7-6-11(8-13(12)18)14-9-15(19)21-16(20-14)10-4-2-1-3-5-10/h1-9H. The Morgan fingerprint density at radius 2 is 1.43 bits per heavy atom. The lowest BCUT2D eigenvalue weighted by Crippen LogP contribution is -1.93. The number of hydrogen-bond donors (Lipinski definition) is 0. The molecule has 0 fully saturated rings. The van der Waals surface area contributed by atoms with Crippen LogP contribution in [-0.2, 0) is 0 Å². The van der Waals surface area contributed by atoms with Gasteiger partial charge < -0.3 is 0 Å². The lowest BCUT2D eigenvalue weighted by molar-refractivity contribution is 1.18. The van der Waals surface area contributed by atoms with Gasteiger partial charge in [-0.2, -0.15) is 0 Å². The van der Waals surface area contributed by atoms with Gasteiger partial charge in [0, 0.05) is 17.2 Å². The summed E-state index contributed by atoms with van der Waals surface area (Å²) in [7, 11) is 0. The first kappa shape index (κ1) is 14.3. The minimum atomic E-state index is 0.380. The Hall–Kier alpha value is -1.61. The molecule has 0 saturated heterocycles. The van der Waals surface area contributed by atoms with Crippen LogP contribution in [0.5, 0.6) is 0 Å². The highest BCUT2D eigenvalue weighted by Gasteiger charge is 2.09. The number of hydrogen-bond acceptors (Lipinski definition) is 2. The van der Waals surface area contributed by atoms with Crippen LogP contribution in [0.1, 0.15) is 0 Å². The maximum Gasteiger partial charge on any atom is 0.161 e. The van der Waals surface area contributed by atoms with Crippen molar-refractivity contribution in [1.29, 1.82) is 0 Å². The molecular weight excluding hydrogens is 327 g/mol. The predicted octanol–water partition coefficient (Wildman–Crippen LogP) is 5.77. The van der Waals surface area contributed by atoms with Gasteiger partial charge in [-0.1, -0.05) is 71.2 Å². The van der Waals surface area contributed by atoms with E-state index in [9.17, 15) is 0 Å². The summed E-state index contributed by atoms with van der Waals surface area (Å²) in [4.78, 5) is 8.81. The molecule has 3 rings (SSSR count). The molecule has 0 N–H and O–H groups in total. The first-order chi connectivity index (χ1) is 10.1. The van der Waals surface area contributed by atoms with Crippen LogP contribution in [-0.4, -0.2) is 9.97 Å². The molecule has 0 saturated carbocycles. The van der Waals surface area contributed by atoms with Gasteiger partial charge in [-0.3, -0.25) is 0 Å². The van der Waals surface area contributed by atoms with Gasteiger partial charge in [0.05, 0.1) is 15.7 Å². The Morgan fingerprint density at radius 1 is 0.667 bits per heavy atom. The number of benzene rings is 2. The summed E-state index contributed by atoms with van der Waals surface area (Å²) in [6, 6.07) is 16.7. The van der Waals surface area contributed by atoms with E-state index in [1.807, 2.05) is 36.4 Å². The van der Waals surface area contributed by atoms with Gasteiger partial charge in [-0.05, 0) is 12.1 Å². The molecule has 1 aromatic heterocycles. The normalized spacial score (nSPS) is 10.6. The predicted molar refractivity (Wildman–Crippen MR) is 87.9 cm³/mol. The van der Waals surface area contributed by atoms with Gasteiger partial charge in [0.25, 0.3) is 0 Å². The second-order valence-electron chi connectivity index (χ2n) is 4.39. The zero-order chi connectivity index (χ0) is 14.8. The van der Waals surface area contributed by atoms with E-state index in [2.05, 4.69) is 9.97 Å². The fourth-order valence-corrected chi connectivity index (χ4v) is 2.42. The van der Waals surface area contributed by atoms with Crippen LogP contribution in [0, 0.1) is 0 Å². The smallest absolute Gasteiger partial charge is 0.161 e. The van der Waals surface area contributed by atoms with Crippen molar-refractivity contribution in [3.05, 3.63) is 69.8 Å². The lowest BCUT2D eigenvalue weighted by Gasteiger charge is -2.06. The Kier molecular flexibility index (Phi) is 4.11. The van der Waals surface area contributed by atoms with Crippen molar-refractivity contribution in [2.45, 2.75) is 0 Å². The maximum atomic E-state index is 6.11. The third-order valence-corrected chi connectivity index (χ3v) is 3.87. The van der Waals surface area contributed by atoms with Crippen molar-refractivity contribution in [2.24, 2.45) is 0 Å². The molecule has 0 bridgehead atoms. The highest BCUT2D eigenvalue weighted by molar-refractivity contribution is 6.42. The molecule has 21 heavy (non-hydrogen) atoms. The lowest BCUT2D eigenvalue weighted by atomic mass is 10.1. The molecule has 0 amide bonds. The fourth-order valence-electron chi connectivity index (χ4n) is 1.94. The van der Waals surface area contributed by atoms with Crippen molar-refractivity contribution in [3.63, 3.8) is 0 Å². The van der Waals surface area contributed by atoms with E-state index in [0.29, 0.717) is 26.7 Å². The molecule has 2 aromatic carbocycles. The molecule has 0 radical (unpaired) electrons. The van der Waals surface area contributed by atoms with Crippen LogP contribution in [0.25, 0.3) is 22.6 Å². The zero-order valence-corrected chi connectivity index (χ0v) is 13.0. The summed E-state index contributed by atoms with van der Waals surface area (Å²) >= 11 is 18.1. The molecule has 1 heterocycles. The van der Waals surface area contributed by atoms with Crippen molar-refractivity contribution in [3.8, 4) is 22.6 Å². The minimum absolute atomic E-state index is 0.380. The van der Waals surface area contributed by atoms with E-state index >= 15 is 0 Å². The number of aromatic nitrogens is 2. The Bertz CT molecular complexity index is 789. The van der Waals surface area contributed by atoms with Crippen molar-refractivity contribution in [1.82, 2.24) is 9.97 Å². The van der Waals surface area contributed by atoms with Crippen LogP contribution < -0.4 is 0 Å². The topological polar surface area (TPSA) is 25.8 Å². The fraction of sp³-hybridized carbons (Fsp3) is 0. The Morgan fingerprint density at radius 3 is 2.14 bits per heavy atom. The van der Waals surface area contributed by atoms with Crippen molar-refractivity contribution in [2.75, 3.05) is 0 Å². The van der Waals surface area contributed by atoms with Gasteiger partial charge in [0.2, 0.25) is 0 Å². The summed E-state index contributed by atoms with van der Waals surface area (Å²) in [6.45, 7) is 0. The zero-order valence-electron chi connectivity index (χ0n) is 10.7. The van der Waals surface area contributed by atoms with Gasteiger partial charge >= 0.3 is 0 Å². The van der Waals surface area contributed by atoms with E-state index in [1.165, 1.54) is 0 Å². The molecule has 0 atom stereocenters. The number of nitrogens with zero attached hydrogens (tertiary/aromatic N) is 2. The molecule has 104 valence electrons. The van der Waals surface area contributed by atoms with Crippen molar-refractivity contribution < 1.29 is 0 Å². The summed E-state index contributed by atoms with van der Waals surface area (Å²) in [5.74, 6) is 0.573. The van der Waals surface area contributed by atoms with E-state index in [-0.39, 0.29) is 0 Å². The summed E-state index contributed by atoms with van der Waals surface area (Å²) < 4.78 is 0. The van der Waals surface area contributed by atoms with E-state index < -0.39 is 0 Å². The molecule has 0 aliphatic rings. The van der Waals surface area contributed by atoms with E-state index in [0.717, 1.165) is 11.1 Å². The molecule has 2 nitrogen and oxygen atoms in total. The average Bonchev–Trinajstić information content (AvgIpc) is 2.50. The third-order valence-electron chi connectivity index (χ3n) is 2.94. The minimum Gasteiger partial charge on any atom is -0.228 e.